The summed E-state index contributed by atoms with van der Waals surface area (Å²) in [6, 6.07) is 12.5. The Balaban J connectivity index is 1.53. The van der Waals surface area contributed by atoms with Gasteiger partial charge in [0.25, 0.3) is 0 Å². The zero-order valence-electron chi connectivity index (χ0n) is 18.2. The summed E-state index contributed by atoms with van der Waals surface area (Å²) in [4.78, 5) is 2.42. The molecule has 1 saturated heterocycles. The van der Waals surface area contributed by atoms with Crippen molar-refractivity contribution in [3.63, 3.8) is 0 Å². The van der Waals surface area contributed by atoms with Gasteiger partial charge in [-0.2, -0.15) is 0 Å². The average Bonchev–Trinajstić information content (AvgIpc) is 2.81. The molecule has 0 aliphatic carbocycles. The van der Waals surface area contributed by atoms with Crippen LogP contribution in [-0.2, 0) is 6.42 Å². The average molecular weight is 494 g/mol. The molecule has 1 atom stereocenters. The molecule has 0 radical (unpaired) electrons. The van der Waals surface area contributed by atoms with Crippen molar-refractivity contribution in [1.29, 1.82) is 0 Å². The van der Waals surface area contributed by atoms with E-state index in [-0.39, 0.29) is 11.7 Å². The third-order valence-corrected chi connectivity index (χ3v) is 6.59. The molecule has 0 saturated carbocycles. The van der Waals surface area contributed by atoms with Gasteiger partial charge in [0, 0.05) is 17.4 Å². The van der Waals surface area contributed by atoms with Crippen molar-refractivity contribution in [2.75, 3.05) is 38.7 Å². The quantitative estimate of drug-likeness (QED) is 0.337. The highest BCUT2D eigenvalue weighted by molar-refractivity contribution is 9.09. The molecule has 1 aliphatic rings. The van der Waals surface area contributed by atoms with Gasteiger partial charge in [0.05, 0.1) is 19.8 Å². The fourth-order valence-corrected chi connectivity index (χ4v) is 4.56. The van der Waals surface area contributed by atoms with Crippen molar-refractivity contribution in [2.24, 2.45) is 5.92 Å². The third-order valence-electron chi connectivity index (χ3n) is 6.03. The first-order valence-electron chi connectivity index (χ1n) is 11.1. The third kappa shape index (κ3) is 6.93. The van der Waals surface area contributed by atoms with Crippen LogP contribution in [-0.4, -0.2) is 48.7 Å². The summed E-state index contributed by atoms with van der Waals surface area (Å²) < 4.78 is 24.6. The highest BCUT2D eigenvalue weighted by atomic mass is 79.9. The molecule has 0 amide bonds. The van der Waals surface area contributed by atoms with Gasteiger partial charge in [-0.1, -0.05) is 40.2 Å². The highest BCUT2D eigenvalue weighted by Crippen LogP contribution is 2.40. The maximum Gasteiger partial charge on any atom is 0.166 e. The second-order valence-electron chi connectivity index (χ2n) is 8.12. The van der Waals surface area contributed by atoms with Gasteiger partial charge in [-0.3, -0.25) is 0 Å². The van der Waals surface area contributed by atoms with Gasteiger partial charge in [-0.15, -0.1) is 0 Å². The number of unbranched alkanes of at least 4 members (excludes halogenated alkanes) is 1. The summed E-state index contributed by atoms with van der Waals surface area (Å²) in [5, 5.41) is 12.1. The predicted molar refractivity (Wildman–Crippen MR) is 126 cm³/mol. The number of hydrogen-bond acceptors (Lipinski definition) is 4. The van der Waals surface area contributed by atoms with Crippen LogP contribution in [0.5, 0.6) is 11.5 Å². The normalized spacial score (nSPS) is 16.3. The van der Waals surface area contributed by atoms with Crippen LogP contribution in [0, 0.1) is 11.7 Å². The minimum Gasteiger partial charge on any atom is -0.492 e. The number of benzene rings is 2. The van der Waals surface area contributed by atoms with Crippen molar-refractivity contribution in [1.82, 2.24) is 4.90 Å². The summed E-state index contributed by atoms with van der Waals surface area (Å²) in [6.45, 7) is 3.49. The number of likely N-dealkylation sites (tertiary alicyclic amines) is 1. The molecular formula is C25H33BrFNO3. The van der Waals surface area contributed by atoms with Crippen molar-refractivity contribution in [3.05, 3.63) is 59.4 Å². The number of halogens is 2. The number of alkyl halides is 1. The van der Waals surface area contributed by atoms with E-state index in [1.807, 2.05) is 30.3 Å². The smallest absolute Gasteiger partial charge is 0.166 e. The Morgan fingerprint density at radius 2 is 1.87 bits per heavy atom. The van der Waals surface area contributed by atoms with Gasteiger partial charge in [0.1, 0.15) is 5.82 Å². The molecule has 3 rings (SSSR count). The molecular weight excluding hydrogens is 461 g/mol. The molecule has 1 fully saturated rings. The number of hydrogen-bond donors (Lipinski definition) is 1. The molecule has 0 aromatic heterocycles. The first-order chi connectivity index (χ1) is 15.1. The standard InChI is InChI=1S/C25H33BrFNO3/c1-30-25-22(5-4-6-23(25)31-18-3-2-14-26)24(29)20-12-16-28(17-13-20)15-11-19-7-9-21(27)10-8-19/h4-10,20,24,29H,2-3,11-18H2,1H3/t24-/m1/s1. The molecule has 2 aromatic rings. The molecule has 0 bridgehead atoms. The SMILES string of the molecule is COc1c(OCCCCBr)cccc1[C@H](O)C1CCN(CCc2ccc(F)cc2)CC1. The van der Waals surface area contributed by atoms with Crippen molar-refractivity contribution in [3.8, 4) is 11.5 Å². The van der Waals surface area contributed by atoms with Crippen LogP contribution >= 0.6 is 15.9 Å². The van der Waals surface area contributed by atoms with Crippen LogP contribution in [0.3, 0.4) is 0 Å². The molecule has 6 heteroatoms. The Morgan fingerprint density at radius 3 is 2.55 bits per heavy atom. The van der Waals surface area contributed by atoms with Crippen LogP contribution in [0.4, 0.5) is 4.39 Å². The van der Waals surface area contributed by atoms with Crippen LogP contribution < -0.4 is 9.47 Å². The molecule has 170 valence electrons. The fourth-order valence-electron chi connectivity index (χ4n) is 4.16. The van der Waals surface area contributed by atoms with Crippen molar-refractivity contribution < 1.29 is 19.0 Å². The Hall–Kier alpha value is -1.63. The maximum absolute atomic E-state index is 13.1. The van der Waals surface area contributed by atoms with Gasteiger partial charge in [0.2, 0.25) is 0 Å². The number of aliphatic hydroxyl groups is 1. The van der Waals surface area contributed by atoms with Gasteiger partial charge in [0.15, 0.2) is 11.5 Å². The summed E-state index contributed by atoms with van der Waals surface area (Å²) >= 11 is 3.44. The second kappa shape index (κ2) is 12.4. The van der Waals surface area contributed by atoms with Crippen LogP contribution in [0.1, 0.15) is 42.9 Å². The van der Waals surface area contributed by atoms with Crippen LogP contribution in [0.2, 0.25) is 0 Å². The van der Waals surface area contributed by atoms with Gasteiger partial charge in [-0.05, 0) is 74.9 Å². The molecule has 4 nitrogen and oxygen atoms in total. The number of piperidine rings is 1. The largest absolute Gasteiger partial charge is 0.492 e. The van der Waals surface area contributed by atoms with E-state index < -0.39 is 6.10 Å². The molecule has 0 unspecified atom stereocenters. The van der Waals surface area contributed by atoms with Gasteiger partial charge >= 0.3 is 0 Å². The Bertz CT molecular complexity index is 794. The lowest BCUT2D eigenvalue weighted by atomic mass is 9.87. The lowest BCUT2D eigenvalue weighted by molar-refractivity contribution is 0.0572. The monoisotopic (exact) mass is 493 g/mol. The highest BCUT2D eigenvalue weighted by Gasteiger charge is 2.29. The summed E-state index contributed by atoms with van der Waals surface area (Å²) in [5.74, 6) is 1.35. The number of rotatable bonds is 11. The zero-order chi connectivity index (χ0) is 22.1. The number of para-hydroxylation sites is 1. The van der Waals surface area contributed by atoms with Gasteiger partial charge in [-0.25, -0.2) is 4.39 Å². The molecule has 1 N–H and O–H groups in total. The molecule has 1 heterocycles. The lowest BCUT2D eigenvalue weighted by Gasteiger charge is -2.34. The molecule has 1 aliphatic heterocycles. The first-order valence-corrected chi connectivity index (χ1v) is 12.2. The molecule has 2 aromatic carbocycles. The topological polar surface area (TPSA) is 41.9 Å². The molecule has 31 heavy (non-hydrogen) atoms. The lowest BCUT2D eigenvalue weighted by Crippen LogP contribution is -2.36. The maximum atomic E-state index is 13.1. The number of nitrogens with zero attached hydrogens (tertiary/aromatic N) is 1. The van der Waals surface area contributed by atoms with E-state index in [4.69, 9.17) is 9.47 Å². The van der Waals surface area contributed by atoms with Crippen LogP contribution in [0.25, 0.3) is 0 Å². The van der Waals surface area contributed by atoms with E-state index in [0.717, 1.165) is 68.2 Å². The number of methoxy groups -OCH3 is 1. The predicted octanol–water partition coefficient (Wildman–Crippen LogP) is 5.38. The van der Waals surface area contributed by atoms with E-state index in [1.165, 1.54) is 12.1 Å². The zero-order valence-corrected chi connectivity index (χ0v) is 19.8. The Kier molecular flexibility index (Phi) is 9.62. The minimum atomic E-state index is -0.569. The summed E-state index contributed by atoms with van der Waals surface area (Å²) in [7, 11) is 1.63. The van der Waals surface area contributed by atoms with E-state index in [9.17, 15) is 9.50 Å². The first kappa shape index (κ1) is 24.0. The van der Waals surface area contributed by atoms with Crippen molar-refractivity contribution >= 4 is 15.9 Å². The number of aliphatic hydroxyl groups excluding tert-OH is 1. The fraction of sp³-hybridized carbons (Fsp3) is 0.520. The van der Waals surface area contributed by atoms with Crippen LogP contribution in [0.15, 0.2) is 42.5 Å². The van der Waals surface area contributed by atoms with E-state index in [0.29, 0.717) is 18.1 Å². The Labute approximate surface area is 193 Å². The molecule has 0 spiro atoms. The van der Waals surface area contributed by atoms with E-state index >= 15 is 0 Å². The second-order valence-corrected chi connectivity index (χ2v) is 8.92. The summed E-state index contributed by atoms with van der Waals surface area (Å²) in [5.41, 5.74) is 1.96. The van der Waals surface area contributed by atoms with Crippen molar-refractivity contribution in [2.45, 2.75) is 38.2 Å². The minimum absolute atomic E-state index is 0.192. The Morgan fingerprint density at radius 1 is 1.13 bits per heavy atom. The van der Waals surface area contributed by atoms with E-state index in [1.54, 1.807) is 7.11 Å². The summed E-state index contributed by atoms with van der Waals surface area (Å²) in [6.07, 6.45) is 4.24. The van der Waals surface area contributed by atoms with E-state index in [2.05, 4.69) is 20.8 Å². The number of ether oxygens (including phenoxy) is 2. The van der Waals surface area contributed by atoms with Gasteiger partial charge < -0.3 is 19.5 Å².